The first kappa shape index (κ1) is 15.1. The predicted octanol–water partition coefficient (Wildman–Crippen LogP) is 2.51. The largest absolute Gasteiger partial charge is 0.383 e. The summed E-state index contributed by atoms with van der Waals surface area (Å²) in [7, 11) is 3.70. The summed E-state index contributed by atoms with van der Waals surface area (Å²) < 4.78 is 5.07. The van der Waals surface area contributed by atoms with Gasteiger partial charge in [0, 0.05) is 39.3 Å². The maximum absolute atomic E-state index is 5.07. The smallest absolute Gasteiger partial charge is 0.154 e. The molecule has 0 N–H and O–H groups in total. The maximum atomic E-state index is 5.07. The number of likely N-dealkylation sites (N-methyl/N-ethyl adjacent to an activating group) is 1. The first-order valence-electron chi connectivity index (χ1n) is 6.82. The minimum Gasteiger partial charge on any atom is -0.383 e. The van der Waals surface area contributed by atoms with E-state index in [1.165, 1.54) is 0 Å². The number of ether oxygens (including phenoxy) is 1. The van der Waals surface area contributed by atoms with E-state index in [2.05, 4.69) is 19.9 Å². The van der Waals surface area contributed by atoms with E-state index in [4.69, 9.17) is 4.74 Å². The Balaban J connectivity index is 2.09. The third-order valence-electron chi connectivity index (χ3n) is 3.09. The van der Waals surface area contributed by atoms with Gasteiger partial charge in [0.05, 0.1) is 6.61 Å². The number of allylic oxidation sites excluding steroid dienone is 1. The van der Waals surface area contributed by atoms with Crippen LogP contribution in [0.4, 0.5) is 5.82 Å². The van der Waals surface area contributed by atoms with Gasteiger partial charge in [-0.3, -0.25) is 0 Å². The summed E-state index contributed by atoms with van der Waals surface area (Å²) in [5, 5.41) is 0. The molecule has 0 fully saturated rings. The van der Waals surface area contributed by atoms with Crippen molar-refractivity contribution in [2.75, 3.05) is 32.2 Å². The zero-order valence-corrected chi connectivity index (χ0v) is 12.7. The molecule has 5 nitrogen and oxygen atoms in total. The minimum absolute atomic E-state index is 0.685. The topological polar surface area (TPSA) is 51.1 Å². The highest BCUT2D eigenvalue weighted by Crippen LogP contribution is 2.15. The van der Waals surface area contributed by atoms with Crippen molar-refractivity contribution in [2.45, 2.75) is 6.92 Å². The summed E-state index contributed by atoms with van der Waals surface area (Å²) >= 11 is 0. The first-order chi connectivity index (χ1) is 10.2. The van der Waals surface area contributed by atoms with Gasteiger partial charge in [0.15, 0.2) is 5.82 Å². The Labute approximate surface area is 125 Å². The number of rotatable bonds is 6. The van der Waals surface area contributed by atoms with E-state index in [9.17, 15) is 0 Å². The quantitative estimate of drug-likeness (QED) is 0.816. The van der Waals surface area contributed by atoms with Crippen LogP contribution < -0.4 is 4.90 Å². The molecule has 110 valence electrons. The van der Waals surface area contributed by atoms with Crippen LogP contribution >= 0.6 is 0 Å². The lowest BCUT2D eigenvalue weighted by atomic mass is 10.2. The first-order valence-corrected chi connectivity index (χ1v) is 6.82. The lowest BCUT2D eigenvalue weighted by Crippen LogP contribution is -2.22. The number of pyridine rings is 1. The molecule has 0 saturated carbocycles. The molecule has 0 amide bonds. The van der Waals surface area contributed by atoms with Crippen LogP contribution in [0.25, 0.3) is 11.6 Å². The van der Waals surface area contributed by atoms with Gasteiger partial charge in [0.25, 0.3) is 0 Å². The maximum Gasteiger partial charge on any atom is 0.154 e. The Morgan fingerprint density at radius 2 is 2.00 bits per heavy atom. The van der Waals surface area contributed by atoms with Crippen LogP contribution in [0.15, 0.2) is 36.8 Å². The molecular formula is C16H20N4O. The second-order valence-electron chi connectivity index (χ2n) is 4.76. The van der Waals surface area contributed by atoms with Gasteiger partial charge in [-0.1, -0.05) is 0 Å². The second kappa shape index (κ2) is 7.50. The molecule has 0 radical (unpaired) electrons. The Morgan fingerprint density at radius 3 is 2.62 bits per heavy atom. The van der Waals surface area contributed by atoms with Crippen molar-refractivity contribution in [1.29, 1.82) is 0 Å². The Kier molecular flexibility index (Phi) is 5.40. The monoisotopic (exact) mass is 284 g/mol. The lowest BCUT2D eigenvalue weighted by molar-refractivity contribution is 0.206. The van der Waals surface area contributed by atoms with Crippen molar-refractivity contribution >= 4 is 17.5 Å². The molecule has 2 heterocycles. The molecule has 0 saturated heterocycles. The molecular weight excluding hydrogens is 264 g/mol. The molecule has 0 atom stereocenters. The Bertz CT molecular complexity index is 581. The molecule has 2 aromatic heterocycles. The van der Waals surface area contributed by atoms with Crippen LogP contribution in [0, 0.1) is 0 Å². The van der Waals surface area contributed by atoms with Gasteiger partial charge >= 0.3 is 0 Å². The van der Waals surface area contributed by atoms with Crippen LogP contribution in [0.2, 0.25) is 0 Å². The molecule has 0 aliphatic heterocycles. The minimum atomic E-state index is 0.685. The molecule has 21 heavy (non-hydrogen) atoms. The number of hydrogen-bond donors (Lipinski definition) is 0. The Morgan fingerprint density at radius 1 is 1.24 bits per heavy atom. The number of nitrogens with zero attached hydrogens (tertiary/aromatic N) is 4. The Hall–Kier alpha value is -2.27. The molecule has 2 rings (SSSR count). The summed E-state index contributed by atoms with van der Waals surface area (Å²) in [6.45, 7) is 3.49. The van der Waals surface area contributed by atoms with E-state index in [1.54, 1.807) is 19.5 Å². The van der Waals surface area contributed by atoms with E-state index < -0.39 is 0 Å². The third-order valence-corrected chi connectivity index (χ3v) is 3.09. The molecule has 5 heteroatoms. The highest BCUT2D eigenvalue weighted by atomic mass is 16.5. The van der Waals surface area contributed by atoms with Crippen molar-refractivity contribution in [3.8, 4) is 0 Å². The van der Waals surface area contributed by atoms with Gasteiger partial charge in [-0.05, 0) is 42.3 Å². The SMILES string of the molecule is COCCN(C)c1ccc(C=C(C)c2ncccn2)cn1. The highest BCUT2D eigenvalue weighted by Gasteiger charge is 2.02. The fraction of sp³-hybridized carbons (Fsp3) is 0.312. The lowest BCUT2D eigenvalue weighted by Gasteiger charge is -2.17. The second-order valence-corrected chi connectivity index (χ2v) is 4.76. The van der Waals surface area contributed by atoms with E-state index in [0.717, 1.165) is 29.3 Å². The van der Waals surface area contributed by atoms with Crippen LogP contribution in [-0.2, 0) is 4.74 Å². The van der Waals surface area contributed by atoms with Gasteiger partial charge in [0.2, 0.25) is 0 Å². The molecule has 0 spiro atoms. The van der Waals surface area contributed by atoms with Crippen molar-refractivity contribution in [3.63, 3.8) is 0 Å². The highest BCUT2D eigenvalue weighted by molar-refractivity contribution is 5.77. The molecule has 0 aromatic carbocycles. The predicted molar refractivity (Wildman–Crippen MR) is 85.0 cm³/mol. The zero-order chi connectivity index (χ0) is 15.1. The van der Waals surface area contributed by atoms with Crippen LogP contribution in [0.1, 0.15) is 18.3 Å². The fourth-order valence-electron chi connectivity index (χ4n) is 1.87. The van der Waals surface area contributed by atoms with Gasteiger partial charge in [-0.15, -0.1) is 0 Å². The van der Waals surface area contributed by atoms with Crippen molar-refractivity contribution < 1.29 is 4.74 Å². The molecule has 2 aromatic rings. The summed E-state index contributed by atoms with van der Waals surface area (Å²) in [6.07, 6.45) is 7.36. The van der Waals surface area contributed by atoms with Gasteiger partial charge in [-0.25, -0.2) is 15.0 Å². The van der Waals surface area contributed by atoms with E-state index in [1.807, 2.05) is 44.4 Å². The van der Waals surface area contributed by atoms with Crippen LogP contribution in [0.5, 0.6) is 0 Å². The average Bonchev–Trinajstić information content (AvgIpc) is 2.54. The van der Waals surface area contributed by atoms with Crippen LogP contribution in [0.3, 0.4) is 0 Å². The number of hydrogen-bond acceptors (Lipinski definition) is 5. The van der Waals surface area contributed by atoms with E-state index >= 15 is 0 Å². The molecule has 0 unspecified atom stereocenters. The summed E-state index contributed by atoms with van der Waals surface area (Å²) in [5.41, 5.74) is 2.04. The summed E-state index contributed by atoms with van der Waals surface area (Å²) in [6, 6.07) is 5.85. The standard InChI is InChI=1S/C16H20N4O/c1-13(16-17-7-4-8-18-16)11-14-5-6-15(19-12-14)20(2)9-10-21-3/h4-8,11-12H,9-10H2,1-3H3. The fourth-order valence-corrected chi connectivity index (χ4v) is 1.87. The van der Waals surface area contributed by atoms with Crippen molar-refractivity contribution in [1.82, 2.24) is 15.0 Å². The molecule has 0 aliphatic carbocycles. The molecule has 0 bridgehead atoms. The van der Waals surface area contributed by atoms with Crippen molar-refractivity contribution in [2.24, 2.45) is 0 Å². The summed E-state index contributed by atoms with van der Waals surface area (Å²) in [5.74, 6) is 1.66. The molecule has 0 aliphatic rings. The van der Waals surface area contributed by atoms with Gasteiger partial charge < -0.3 is 9.64 Å². The number of methoxy groups -OCH3 is 1. The summed E-state index contributed by atoms with van der Waals surface area (Å²) in [4.78, 5) is 15.0. The zero-order valence-electron chi connectivity index (χ0n) is 12.7. The third kappa shape index (κ3) is 4.36. The van der Waals surface area contributed by atoms with Gasteiger partial charge in [-0.2, -0.15) is 0 Å². The number of aromatic nitrogens is 3. The van der Waals surface area contributed by atoms with E-state index in [0.29, 0.717) is 6.61 Å². The van der Waals surface area contributed by atoms with Crippen LogP contribution in [-0.4, -0.2) is 42.3 Å². The van der Waals surface area contributed by atoms with Crippen molar-refractivity contribution in [3.05, 3.63) is 48.2 Å². The normalized spacial score (nSPS) is 11.5. The number of anilines is 1. The van der Waals surface area contributed by atoms with Gasteiger partial charge in [0.1, 0.15) is 5.82 Å². The average molecular weight is 284 g/mol. The van der Waals surface area contributed by atoms with E-state index in [-0.39, 0.29) is 0 Å².